The number of hydrogen-bond donors (Lipinski definition) is 0. The van der Waals surface area contributed by atoms with Crippen molar-refractivity contribution in [3.8, 4) is 5.69 Å². The van der Waals surface area contributed by atoms with Crippen LogP contribution >= 0.6 is 15.9 Å². The number of benzene rings is 3. The molecule has 2 heterocycles. The summed E-state index contributed by atoms with van der Waals surface area (Å²) < 4.78 is 2.45. The van der Waals surface area contributed by atoms with Gasteiger partial charge in [-0.3, -0.25) is 14.2 Å². The van der Waals surface area contributed by atoms with E-state index >= 15 is 0 Å². The number of para-hydroxylation sites is 1. The largest absolute Gasteiger partial charge is 0.311 e. The van der Waals surface area contributed by atoms with Gasteiger partial charge in [0, 0.05) is 17.1 Å². The molecule has 0 N–H and O–H groups in total. The first-order valence-electron chi connectivity index (χ1n) is 9.82. The number of aryl methyl sites for hydroxylation is 1. The van der Waals surface area contributed by atoms with Crippen LogP contribution in [0.25, 0.3) is 28.2 Å². The van der Waals surface area contributed by atoms with Crippen LogP contribution in [0.3, 0.4) is 0 Å². The van der Waals surface area contributed by atoms with E-state index in [1.165, 1.54) is 0 Å². The van der Waals surface area contributed by atoms with Crippen molar-refractivity contribution < 1.29 is 4.79 Å². The molecule has 0 aliphatic carbocycles. The third-order valence-corrected chi connectivity index (χ3v) is 5.97. The van der Waals surface area contributed by atoms with Crippen molar-refractivity contribution in [2.45, 2.75) is 6.92 Å². The second kappa shape index (κ2) is 7.32. The average molecular weight is 472 g/mol. The quantitative estimate of drug-likeness (QED) is 0.387. The molecule has 152 valence electrons. The van der Waals surface area contributed by atoms with Gasteiger partial charge in [-0.15, -0.1) is 0 Å². The molecule has 0 spiro atoms. The molecule has 5 nitrogen and oxygen atoms in total. The molecule has 1 amide bonds. The SMILES string of the molecule is Cc1cccc(-n2c(/C=C3/C(=O)N(C)c4ccc(Br)cc43)nc3ccccc3c2=O)c1. The molecule has 6 heteroatoms. The fourth-order valence-corrected chi connectivity index (χ4v) is 4.31. The van der Waals surface area contributed by atoms with E-state index in [1.807, 2.05) is 67.6 Å². The minimum absolute atomic E-state index is 0.133. The van der Waals surface area contributed by atoms with Gasteiger partial charge in [0.1, 0.15) is 5.82 Å². The Bertz CT molecular complexity index is 1470. The maximum absolute atomic E-state index is 13.5. The Morgan fingerprint density at radius 3 is 2.58 bits per heavy atom. The van der Waals surface area contributed by atoms with Crippen molar-refractivity contribution in [1.29, 1.82) is 0 Å². The fourth-order valence-electron chi connectivity index (χ4n) is 3.95. The molecule has 0 unspecified atom stereocenters. The molecule has 1 aromatic heterocycles. The lowest BCUT2D eigenvalue weighted by Crippen LogP contribution is -2.23. The summed E-state index contributed by atoms with van der Waals surface area (Å²) in [5.74, 6) is 0.283. The third kappa shape index (κ3) is 3.20. The number of likely N-dealkylation sites (N-methyl/N-ethyl adjacent to an activating group) is 1. The summed E-state index contributed by atoms with van der Waals surface area (Å²) in [7, 11) is 1.75. The number of halogens is 1. The number of nitrogens with zero attached hydrogens (tertiary/aromatic N) is 3. The molecule has 1 aliphatic heterocycles. The number of carbonyl (C=O) groups excluding carboxylic acids is 1. The van der Waals surface area contributed by atoms with Gasteiger partial charge in [-0.25, -0.2) is 4.98 Å². The first kappa shape index (κ1) is 19.5. The van der Waals surface area contributed by atoms with Gasteiger partial charge < -0.3 is 4.90 Å². The molecule has 3 aromatic carbocycles. The maximum atomic E-state index is 13.5. The van der Waals surface area contributed by atoms with E-state index < -0.39 is 0 Å². The highest BCUT2D eigenvalue weighted by Crippen LogP contribution is 2.38. The number of rotatable bonds is 2. The van der Waals surface area contributed by atoms with Crippen LogP contribution in [0.4, 0.5) is 5.69 Å². The van der Waals surface area contributed by atoms with E-state index in [-0.39, 0.29) is 11.5 Å². The van der Waals surface area contributed by atoms with Gasteiger partial charge in [0.15, 0.2) is 0 Å². The van der Waals surface area contributed by atoms with Crippen molar-refractivity contribution in [1.82, 2.24) is 9.55 Å². The number of hydrogen-bond acceptors (Lipinski definition) is 3. The molecule has 0 radical (unpaired) electrons. The van der Waals surface area contributed by atoms with Crippen LogP contribution in [0.1, 0.15) is 17.0 Å². The Labute approximate surface area is 187 Å². The van der Waals surface area contributed by atoms with Crippen LogP contribution in [0.5, 0.6) is 0 Å². The van der Waals surface area contributed by atoms with Crippen molar-refractivity contribution in [2.75, 3.05) is 11.9 Å². The predicted octanol–water partition coefficient (Wildman–Crippen LogP) is 4.97. The second-order valence-electron chi connectivity index (χ2n) is 7.55. The van der Waals surface area contributed by atoms with Crippen LogP contribution in [-0.4, -0.2) is 22.5 Å². The number of fused-ring (bicyclic) bond motifs is 2. The zero-order chi connectivity index (χ0) is 21.7. The van der Waals surface area contributed by atoms with E-state index in [4.69, 9.17) is 4.98 Å². The van der Waals surface area contributed by atoms with Gasteiger partial charge in [-0.05, 0) is 61.0 Å². The number of anilines is 1. The summed E-state index contributed by atoms with van der Waals surface area (Å²) in [6.07, 6.45) is 1.72. The van der Waals surface area contributed by atoms with Crippen molar-refractivity contribution in [3.63, 3.8) is 0 Å². The highest BCUT2D eigenvalue weighted by atomic mass is 79.9. The van der Waals surface area contributed by atoms with Crippen LogP contribution in [0, 0.1) is 6.92 Å². The van der Waals surface area contributed by atoms with Crippen molar-refractivity contribution in [2.24, 2.45) is 0 Å². The summed E-state index contributed by atoms with van der Waals surface area (Å²) in [5.41, 5.74) is 4.30. The number of amides is 1. The van der Waals surface area contributed by atoms with Gasteiger partial charge >= 0.3 is 0 Å². The summed E-state index contributed by atoms with van der Waals surface area (Å²) in [6.45, 7) is 1.98. The second-order valence-corrected chi connectivity index (χ2v) is 8.47. The summed E-state index contributed by atoms with van der Waals surface area (Å²) >= 11 is 3.49. The molecule has 0 atom stereocenters. The molecule has 5 rings (SSSR count). The van der Waals surface area contributed by atoms with Crippen LogP contribution < -0.4 is 10.5 Å². The number of carbonyl (C=O) groups is 1. The van der Waals surface area contributed by atoms with Crippen LogP contribution in [0.2, 0.25) is 0 Å². The lowest BCUT2D eigenvalue weighted by molar-refractivity contribution is -0.112. The van der Waals surface area contributed by atoms with E-state index in [9.17, 15) is 9.59 Å². The maximum Gasteiger partial charge on any atom is 0.266 e. The van der Waals surface area contributed by atoms with Crippen LogP contribution in [-0.2, 0) is 4.79 Å². The highest BCUT2D eigenvalue weighted by molar-refractivity contribution is 9.10. The first-order valence-corrected chi connectivity index (χ1v) is 10.6. The molecule has 0 saturated heterocycles. The van der Waals surface area contributed by atoms with Gasteiger partial charge in [-0.1, -0.05) is 40.2 Å². The first-order chi connectivity index (χ1) is 14.9. The van der Waals surface area contributed by atoms with E-state index in [0.29, 0.717) is 28.0 Å². The zero-order valence-corrected chi connectivity index (χ0v) is 18.6. The summed E-state index contributed by atoms with van der Waals surface area (Å²) in [6, 6.07) is 20.7. The zero-order valence-electron chi connectivity index (χ0n) is 17.0. The normalized spacial score (nSPS) is 14.5. The van der Waals surface area contributed by atoms with Crippen LogP contribution in [0.15, 0.2) is 76.0 Å². The molecule has 31 heavy (non-hydrogen) atoms. The molecule has 1 aliphatic rings. The Morgan fingerprint density at radius 1 is 0.968 bits per heavy atom. The van der Waals surface area contributed by atoms with Gasteiger partial charge in [0.25, 0.3) is 11.5 Å². The van der Waals surface area contributed by atoms with Gasteiger partial charge in [0.2, 0.25) is 0 Å². The molecular weight excluding hydrogens is 454 g/mol. The van der Waals surface area contributed by atoms with Crippen molar-refractivity contribution >= 4 is 50.1 Å². The standard InChI is InChI=1S/C25H18BrN3O2/c1-15-6-5-7-17(12-15)29-23(27-21-9-4-3-8-18(21)25(29)31)14-20-19-13-16(26)10-11-22(19)28(2)24(20)30/h3-14H,1-2H3/b20-14+. The summed E-state index contributed by atoms with van der Waals surface area (Å²) in [4.78, 5) is 32.9. The Balaban J connectivity index is 1.84. The van der Waals surface area contributed by atoms with E-state index in [2.05, 4.69) is 15.9 Å². The van der Waals surface area contributed by atoms with E-state index in [0.717, 1.165) is 21.3 Å². The molecule has 4 aromatic rings. The molecule has 0 bridgehead atoms. The summed E-state index contributed by atoms with van der Waals surface area (Å²) in [5, 5.41) is 0.532. The minimum Gasteiger partial charge on any atom is -0.311 e. The lowest BCUT2D eigenvalue weighted by Gasteiger charge is -2.13. The third-order valence-electron chi connectivity index (χ3n) is 5.48. The number of aromatic nitrogens is 2. The highest BCUT2D eigenvalue weighted by Gasteiger charge is 2.30. The van der Waals surface area contributed by atoms with E-state index in [1.54, 1.807) is 28.7 Å². The Hall–Kier alpha value is -3.51. The van der Waals surface area contributed by atoms with Crippen molar-refractivity contribution in [3.05, 3.63) is 98.5 Å². The molecular formula is C25H18BrN3O2. The van der Waals surface area contributed by atoms with Gasteiger partial charge in [0.05, 0.1) is 27.9 Å². The fraction of sp³-hybridized carbons (Fsp3) is 0.0800. The minimum atomic E-state index is -0.170. The molecule has 0 fully saturated rings. The monoisotopic (exact) mass is 471 g/mol. The lowest BCUT2D eigenvalue weighted by atomic mass is 10.1. The predicted molar refractivity (Wildman–Crippen MR) is 128 cm³/mol. The topological polar surface area (TPSA) is 55.2 Å². The van der Waals surface area contributed by atoms with Gasteiger partial charge in [-0.2, -0.15) is 0 Å². The smallest absolute Gasteiger partial charge is 0.266 e. The molecule has 0 saturated carbocycles. The Kier molecular flexibility index (Phi) is 4.59. The average Bonchev–Trinajstić information content (AvgIpc) is 2.98. The Morgan fingerprint density at radius 2 is 1.77 bits per heavy atom.